The Morgan fingerprint density at radius 3 is 1.84 bits per heavy atom. The number of hydrogen-bond acceptors (Lipinski definition) is 2. The fourth-order valence-electron chi connectivity index (χ4n) is 8.63. The Morgan fingerprint density at radius 1 is 0.364 bits per heavy atom. The molecular formula is C52H34N2O. The number of hydrogen-bond donors (Lipinski definition) is 0. The van der Waals surface area contributed by atoms with Crippen molar-refractivity contribution < 1.29 is 4.42 Å². The molecule has 3 heteroatoms. The lowest BCUT2D eigenvalue weighted by Crippen LogP contribution is -2.11. The van der Waals surface area contributed by atoms with Crippen molar-refractivity contribution in [3.8, 4) is 27.9 Å². The summed E-state index contributed by atoms with van der Waals surface area (Å²) in [4.78, 5) is 2.44. The topological polar surface area (TPSA) is 21.3 Å². The lowest BCUT2D eigenvalue weighted by molar-refractivity contribution is 0.670. The number of aromatic nitrogens is 1. The zero-order chi connectivity index (χ0) is 36.3. The summed E-state index contributed by atoms with van der Waals surface area (Å²) < 4.78 is 9.02. The lowest BCUT2D eigenvalue weighted by atomic mass is 9.96. The van der Waals surface area contributed by atoms with Crippen LogP contribution in [-0.2, 0) is 0 Å². The second kappa shape index (κ2) is 12.6. The average molecular weight is 703 g/mol. The van der Waals surface area contributed by atoms with Gasteiger partial charge in [0.25, 0.3) is 0 Å². The van der Waals surface area contributed by atoms with Crippen molar-refractivity contribution in [3.05, 3.63) is 206 Å². The van der Waals surface area contributed by atoms with Crippen molar-refractivity contribution in [1.82, 2.24) is 4.57 Å². The molecule has 0 aliphatic heterocycles. The molecule has 9 aromatic carbocycles. The van der Waals surface area contributed by atoms with Crippen LogP contribution in [0.5, 0.6) is 0 Å². The van der Waals surface area contributed by atoms with Crippen molar-refractivity contribution >= 4 is 71.6 Å². The van der Waals surface area contributed by atoms with Crippen molar-refractivity contribution in [2.75, 3.05) is 4.90 Å². The Balaban J connectivity index is 1.19. The molecule has 2 heterocycles. The number of benzene rings is 9. The van der Waals surface area contributed by atoms with Crippen LogP contribution in [0.4, 0.5) is 17.1 Å². The molecule has 0 N–H and O–H groups in total. The molecule has 11 aromatic rings. The predicted octanol–water partition coefficient (Wildman–Crippen LogP) is 14.6. The van der Waals surface area contributed by atoms with Gasteiger partial charge in [0.1, 0.15) is 11.2 Å². The predicted molar refractivity (Wildman–Crippen MR) is 231 cm³/mol. The Kier molecular flexibility index (Phi) is 7.17. The molecule has 0 unspecified atom stereocenters. The van der Waals surface area contributed by atoms with E-state index in [4.69, 9.17) is 4.42 Å². The molecule has 0 aliphatic carbocycles. The molecule has 0 saturated heterocycles. The standard InChI is InChI=1S/C52H34N2O/c1-3-17-35(18-4-1)37-33-34-47(39-22-8-7-21-38(37)39)53(36-19-5-2-6-20-36)48-30-16-31-49-51(48)44-25-10-13-29-46(44)54(49)45-28-12-9-23-40(45)42-26-15-27-43-41-24-11-14-32-50(41)55-52(42)43/h1-34H. The quantitative estimate of drug-likeness (QED) is 0.172. The van der Waals surface area contributed by atoms with Gasteiger partial charge in [0.15, 0.2) is 0 Å². The van der Waals surface area contributed by atoms with Crippen molar-refractivity contribution in [1.29, 1.82) is 0 Å². The molecule has 11 rings (SSSR count). The highest BCUT2D eigenvalue weighted by molar-refractivity contribution is 6.18. The van der Waals surface area contributed by atoms with E-state index in [-0.39, 0.29) is 0 Å². The average Bonchev–Trinajstić information content (AvgIpc) is 3.81. The van der Waals surface area contributed by atoms with Crippen LogP contribution in [0.15, 0.2) is 211 Å². The van der Waals surface area contributed by atoms with Crippen LogP contribution in [0.2, 0.25) is 0 Å². The van der Waals surface area contributed by atoms with Crippen LogP contribution in [0.1, 0.15) is 0 Å². The molecule has 0 spiro atoms. The van der Waals surface area contributed by atoms with Crippen LogP contribution in [0, 0.1) is 0 Å². The van der Waals surface area contributed by atoms with Crippen LogP contribution in [-0.4, -0.2) is 4.57 Å². The first-order valence-corrected chi connectivity index (χ1v) is 18.8. The van der Waals surface area contributed by atoms with E-state index < -0.39 is 0 Å². The second-order valence-corrected chi connectivity index (χ2v) is 14.0. The van der Waals surface area contributed by atoms with Gasteiger partial charge in [-0.1, -0.05) is 158 Å². The van der Waals surface area contributed by atoms with E-state index in [1.54, 1.807) is 0 Å². The Hall–Kier alpha value is -7.36. The Labute approximate surface area is 318 Å². The maximum absolute atomic E-state index is 6.59. The number of para-hydroxylation sites is 5. The van der Waals surface area contributed by atoms with Gasteiger partial charge in [0, 0.05) is 43.7 Å². The highest BCUT2D eigenvalue weighted by Crippen LogP contribution is 2.48. The fraction of sp³-hybridized carbons (Fsp3) is 0. The molecule has 0 saturated carbocycles. The highest BCUT2D eigenvalue weighted by atomic mass is 16.3. The zero-order valence-corrected chi connectivity index (χ0v) is 29.9. The normalized spacial score (nSPS) is 11.6. The van der Waals surface area contributed by atoms with Gasteiger partial charge in [0.05, 0.1) is 28.1 Å². The number of nitrogens with zero attached hydrogens (tertiary/aromatic N) is 2. The van der Waals surface area contributed by atoms with Crippen LogP contribution in [0.25, 0.3) is 82.5 Å². The number of anilines is 3. The second-order valence-electron chi connectivity index (χ2n) is 14.0. The van der Waals surface area contributed by atoms with Gasteiger partial charge < -0.3 is 13.9 Å². The van der Waals surface area contributed by atoms with E-state index in [0.29, 0.717) is 0 Å². The van der Waals surface area contributed by atoms with Gasteiger partial charge >= 0.3 is 0 Å². The third-order valence-electron chi connectivity index (χ3n) is 11.0. The van der Waals surface area contributed by atoms with Gasteiger partial charge in [-0.25, -0.2) is 0 Å². The molecule has 0 bridgehead atoms. The summed E-state index contributed by atoms with van der Waals surface area (Å²) in [6.45, 7) is 0. The summed E-state index contributed by atoms with van der Waals surface area (Å²) in [5.74, 6) is 0. The van der Waals surface area contributed by atoms with Crippen molar-refractivity contribution in [3.63, 3.8) is 0 Å². The zero-order valence-electron chi connectivity index (χ0n) is 29.9. The third kappa shape index (κ3) is 4.91. The summed E-state index contributed by atoms with van der Waals surface area (Å²) in [7, 11) is 0. The highest BCUT2D eigenvalue weighted by Gasteiger charge is 2.24. The van der Waals surface area contributed by atoms with Crippen molar-refractivity contribution in [2.24, 2.45) is 0 Å². The molecular weight excluding hydrogens is 669 g/mol. The van der Waals surface area contributed by atoms with Gasteiger partial charge in [-0.3, -0.25) is 0 Å². The van der Waals surface area contributed by atoms with Crippen LogP contribution in [0.3, 0.4) is 0 Å². The van der Waals surface area contributed by atoms with Gasteiger partial charge in [-0.05, 0) is 65.0 Å². The summed E-state index contributed by atoms with van der Waals surface area (Å²) in [6.07, 6.45) is 0. The Morgan fingerprint density at radius 2 is 0.982 bits per heavy atom. The van der Waals surface area contributed by atoms with E-state index in [1.807, 2.05) is 6.07 Å². The molecule has 258 valence electrons. The number of furan rings is 1. The monoisotopic (exact) mass is 702 g/mol. The molecule has 3 nitrogen and oxygen atoms in total. The smallest absolute Gasteiger partial charge is 0.143 e. The first-order chi connectivity index (χ1) is 27.3. The molecule has 55 heavy (non-hydrogen) atoms. The SMILES string of the molecule is c1ccc(-c2ccc(N(c3ccccc3)c3cccc4c3c3ccccc3n4-c3ccccc3-c3cccc4c3oc3ccccc34)c3ccccc23)cc1. The van der Waals surface area contributed by atoms with Gasteiger partial charge in [-0.15, -0.1) is 0 Å². The summed E-state index contributed by atoms with van der Waals surface area (Å²) in [6, 6.07) is 73.9. The van der Waals surface area contributed by atoms with Gasteiger partial charge in [0.2, 0.25) is 0 Å². The van der Waals surface area contributed by atoms with E-state index in [1.165, 1.54) is 32.7 Å². The minimum atomic E-state index is 0.897. The maximum atomic E-state index is 6.59. The summed E-state index contributed by atoms with van der Waals surface area (Å²) >= 11 is 0. The molecule has 0 aliphatic rings. The Bertz CT molecular complexity index is 3210. The van der Waals surface area contributed by atoms with Gasteiger partial charge in [-0.2, -0.15) is 0 Å². The van der Waals surface area contributed by atoms with Crippen LogP contribution >= 0.6 is 0 Å². The van der Waals surface area contributed by atoms with Crippen molar-refractivity contribution in [2.45, 2.75) is 0 Å². The first kappa shape index (κ1) is 31.2. The van der Waals surface area contributed by atoms with E-state index in [0.717, 1.165) is 66.8 Å². The first-order valence-electron chi connectivity index (χ1n) is 18.8. The fourth-order valence-corrected chi connectivity index (χ4v) is 8.63. The molecule has 0 fully saturated rings. The molecule has 0 atom stereocenters. The van der Waals surface area contributed by atoms with E-state index >= 15 is 0 Å². The van der Waals surface area contributed by atoms with E-state index in [2.05, 4.69) is 210 Å². The number of fused-ring (bicyclic) bond motifs is 7. The number of rotatable bonds is 6. The molecule has 2 aromatic heterocycles. The lowest BCUT2D eigenvalue weighted by Gasteiger charge is -2.28. The maximum Gasteiger partial charge on any atom is 0.143 e. The minimum absolute atomic E-state index is 0.897. The summed E-state index contributed by atoms with van der Waals surface area (Å²) in [5.41, 5.74) is 13.1. The largest absolute Gasteiger partial charge is 0.455 e. The third-order valence-corrected chi connectivity index (χ3v) is 11.0. The van der Waals surface area contributed by atoms with Crippen LogP contribution < -0.4 is 4.90 Å². The summed E-state index contributed by atoms with van der Waals surface area (Å²) in [5, 5.41) is 7.04. The molecule has 0 amide bonds. The van der Waals surface area contributed by atoms with E-state index in [9.17, 15) is 0 Å². The minimum Gasteiger partial charge on any atom is -0.455 e. The molecule has 0 radical (unpaired) electrons.